The summed E-state index contributed by atoms with van der Waals surface area (Å²) in [5.74, 6) is 1.09. The highest BCUT2D eigenvalue weighted by molar-refractivity contribution is 6.30. The molecule has 30 heavy (non-hydrogen) atoms. The van der Waals surface area contributed by atoms with Gasteiger partial charge in [0.15, 0.2) is 6.61 Å². The third-order valence-electron chi connectivity index (χ3n) is 4.32. The Hall–Kier alpha value is -3.64. The van der Waals surface area contributed by atoms with Gasteiger partial charge in [0.1, 0.15) is 5.75 Å². The number of para-hydroxylation sites is 1. The van der Waals surface area contributed by atoms with Crippen molar-refractivity contribution >= 4 is 23.2 Å². The summed E-state index contributed by atoms with van der Waals surface area (Å²) in [6.45, 7) is 1.85. The zero-order valence-electron chi connectivity index (χ0n) is 16.1. The van der Waals surface area contributed by atoms with Gasteiger partial charge in [0.05, 0.1) is 11.3 Å². The number of hydrogen-bond donors (Lipinski definition) is 1. The number of nitrogens with one attached hydrogen (secondary N) is 1. The van der Waals surface area contributed by atoms with Crippen LogP contribution in [0.15, 0.2) is 77.3 Å². The van der Waals surface area contributed by atoms with Gasteiger partial charge < -0.3 is 14.6 Å². The summed E-state index contributed by atoms with van der Waals surface area (Å²) in [7, 11) is 0. The van der Waals surface area contributed by atoms with Crippen molar-refractivity contribution in [2.45, 2.75) is 6.92 Å². The van der Waals surface area contributed by atoms with E-state index in [0.717, 1.165) is 11.1 Å². The van der Waals surface area contributed by atoms with Gasteiger partial charge in [-0.15, -0.1) is 0 Å². The fourth-order valence-electron chi connectivity index (χ4n) is 2.87. The van der Waals surface area contributed by atoms with Crippen LogP contribution in [-0.4, -0.2) is 22.7 Å². The second-order valence-corrected chi connectivity index (χ2v) is 7.07. The second-order valence-electron chi connectivity index (χ2n) is 6.63. The highest BCUT2D eigenvalue weighted by atomic mass is 35.5. The maximum absolute atomic E-state index is 12.4. The molecule has 0 aliphatic rings. The summed E-state index contributed by atoms with van der Waals surface area (Å²) in [4.78, 5) is 16.8. The number of benzene rings is 3. The predicted molar refractivity (Wildman–Crippen MR) is 115 cm³/mol. The Morgan fingerprint density at radius 1 is 1.07 bits per heavy atom. The van der Waals surface area contributed by atoms with E-state index in [4.69, 9.17) is 20.9 Å². The van der Waals surface area contributed by atoms with E-state index in [1.807, 2.05) is 55.5 Å². The van der Waals surface area contributed by atoms with Gasteiger partial charge in [0, 0.05) is 10.6 Å². The summed E-state index contributed by atoms with van der Waals surface area (Å²) in [5.41, 5.74) is 3.02. The Bertz CT molecular complexity index is 1170. The van der Waals surface area contributed by atoms with E-state index in [1.54, 1.807) is 24.3 Å². The summed E-state index contributed by atoms with van der Waals surface area (Å²) >= 11 is 5.93. The molecule has 0 radical (unpaired) electrons. The van der Waals surface area contributed by atoms with E-state index >= 15 is 0 Å². The molecule has 4 aromatic rings. The minimum Gasteiger partial charge on any atom is -0.484 e. The van der Waals surface area contributed by atoms with Gasteiger partial charge in [-0.05, 0) is 61.0 Å². The average molecular weight is 420 g/mol. The molecule has 0 spiro atoms. The molecule has 0 atom stereocenters. The minimum absolute atomic E-state index is 0.113. The zero-order valence-corrected chi connectivity index (χ0v) is 16.9. The Morgan fingerprint density at radius 3 is 2.67 bits per heavy atom. The molecule has 7 heteroatoms. The number of carbonyl (C=O) groups is 1. The van der Waals surface area contributed by atoms with Crippen molar-refractivity contribution in [3.05, 3.63) is 83.4 Å². The highest BCUT2D eigenvalue weighted by Gasteiger charge is 2.15. The molecule has 1 aromatic heterocycles. The van der Waals surface area contributed by atoms with Gasteiger partial charge in [-0.25, -0.2) is 0 Å². The van der Waals surface area contributed by atoms with Gasteiger partial charge in [0.25, 0.3) is 11.8 Å². The second kappa shape index (κ2) is 8.80. The third kappa shape index (κ3) is 4.67. The van der Waals surface area contributed by atoms with Crippen LogP contribution in [0, 0.1) is 6.92 Å². The number of aryl methyl sites for hydroxylation is 1. The summed E-state index contributed by atoms with van der Waals surface area (Å²) in [6.07, 6.45) is 0. The number of hydrogen-bond acceptors (Lipinski definition) is 5. The Morgan fingerprint density at radius 2 is 1.87 bits per heavy atom. The van der Waals surface area contributed by atoms with Crippen molar-refractivity contribution in [2.24, 2.45) is 0 Å². The first kappa shape index (κ1) is 19.7. The number of rotatable bonds is 6. The molecular formula is C23H18ClN3O3. The number of aromatic nitrogens is 2. The van der Waals surface area contributed by atoms with Crippen LogP contribution >= 0.6 is 11.6 Å². The number of amides is 1. The van der Waals surface area contributed by atoms with E-state index in [0.29, 0.717) is 33.7 Å². The van der Waals surface area contributed by atoms with Crippen LogP contribution in [0.1, 0.15) is 5.56 Å². The lowest BCUT2D eigenvalue weighted by atomic mass is 10.1. The standard InChI is InChI=1S/C23H18ClN3O3/c1-15-5-4-6-18(13-15)29-14-21(28)25-20-8-3-2-7-19(20)23-26-22(27-30-23)16-9-11-17(24)12-10-16/h2-13H,14H2,1H3,(H,25,28). The third-order valence-corrected chi connectivity index (χ3v) is 4.57. The van der Waals surface area contributed by atoms with Crippen LogP contribution < -0.4 is 10.1 Å². The molecule has 150 valence electrons. The molecule has 3 aromatic carbocycles. The number of carbonyl (C=O) groups excluding carboxylic acids is 1. The lowest BCUT2D eigenvalue weighted by Gasteiger charge is -2.10. The van der Waals surface area contributed by atoms with E-state index < -0.39 is 0 Å². The normalized spacial score (nSPS) is 10.6. The Labute approximate surface area is 178 Å². The molecule has 4 rings (SSSR count). The van der Waals surface area contributed by atoms with Crippen molar-refractivity contribution in [1.29, 1.82) is 0 Å². The number of ether oxygens (including phenoxy) is 1. The molecule has 0 aliphatic heterocycles. The maximum atomic E-state index is 12.4. The Balaban J connectivity index is 1.49. The largest absolute Gasteiger partial charge is 0.484 e. The molecule has 1 amide bonds. The SMILES string of the molecule is Cc1cccc(OCC(=O)Nc2ccccc2-c2nc(-c3ccc(Cl)cc3)no2)c1. The highest BCUT2D eigenvalue weighted by Crippen LogP contribution is 2.29. The van der Waals surface area contributed by atoms with Gasteiger partial charge in [-0.2, -0.15) is 4.98 Å². The lowest BCUT2D eigenvalue weighted by molar-refractivity contribution is -0.118. The minimum atomic E-state index is -0.290. The van der Waals surface area contributed by atoms with Gasteiger partial charge >= 0.3 is 0 Å². The Kier molecular flexibility index (Phi) is 5.77. The number of nitrogens with zero attached hydrogens (tertiary/aromatic N) is 2. The number of halogens is 1. The topological polar surface area (TPSA) is 77.2 Å². The maximum Gasteiger partial charge on any atom is 0.262 e. The van der Waals surface area contributed by atoms with E-state index in [9.17, 15) is 4.79 Å². The zero-order chi connectivity index (χ0) is 20.9. The van der Waals surface area contributed by atoms with Gasteiger partial charge in [0.2, 0.25) is 5.82 Å². The quantitative estimate of drug-likeness (QED) is 0.453. The van der Waals surface area contributed by atoms with Crippen LogP contribution in [0.25, 0.3) is 22.8 Å². The summed E-state index contributed by atoms with van der Waals surface area (Å²) in [5, 5.41) is 7.50. The molecule has 6 nitrogen and oxygen atoms in total. The van der Waals surface area contributed by atoms with Crippen molar-refractivity contribution in [2.75, 3.05) is 11.9 Å². The molecule has 0 saturated carbocycles. The molecule has 1 heterocycles. The van der Waals surface area contributed by atoms with Gasteiger partial charge in [-0.3, -0.25) is 4.79 Å². The lowest BCUT2D eigenvalue weighted by Crippen LogP contribution is -2.20. The molecule has 0 fully saturated rings. The van der Waals surface area contributed by atoms with Crippen LogP contribution in [0.3, 0.4) is 0 Å². The van der Waals surface area contributed by atoms with Crippen LogP contribution in [0.4, 0.5) is 5.69 Å². The van der Waals surface area contributed by atoms with E-state index in [-0.39, 0.29) is 12.5 Å². The monoisotopic (exact) mass is 419 g/mol. The van der Waals surface area contributed by atoms with Crippen molar-refractivity contribution in [3.63, 3.8) is 0 Å². The van der Waals surface area contributed by atoms with E-state index in [1.165, 1.54) is 0 Å². The molecule has 0 bridgehead atoms. The fraction of sp³-hybridized carbons (Fsp3) is 0.0870. The predicted octanol–water partition coefficient (Wildman–Crippen LogP) is 5.38. The van der Waals surface area contributed by atoms with Crippen LogP contribution in [-0.2, 0) is 4.79 Å². The fourth-order valence-corrected chi connectivity index (χ4v) is 2.99. The van der Waals surface area contributed by atoms with Crippen molar-refractivity contribution in [1.82, 2.24) is 10.1 Å². The average Bonchev–Trinajstić information content (AvgIpc) is 3.23. The summed E-state index contributed by atoms with van der Waals surface area (Å²) < 4.78 is 11.0. The van der Waals surface area contributed by atoms with Crippen molar-refractivity contribution < 1.29 is 14.1 Å². The molecule has 0 unspecified atom stereocenters. The van der Waals surface area contributed by atoms with Gasteiger partial charge in [-0.1, -0.05) is 41.0 Å². The van der Waals surface area contributed by atoms with Crippen LogP contribution in [0.5, 0.6) is 5.75 Å². The molecule has 0 saturated heterocycles. The first-order valence-electron chi connectivity index (χ1n) is 9.27. The number of anilines is 1. The summed E-state index contributed by atoms with van der Waals surface area (Å²) in [6, 6.07) is 21.9. The molecule has 1 N–H and O–H groups in total. The van der Waals surface area contributed by atoms with Crippen molar-refractivity contribution in [3.8, 4) is 28.6 Å². The molecular weight excluding hydrogens is 402 g/mol. The van der Waals surface area contributed by atoms with E-state index in [2.05, 4.69) is 15.5 Å². The molecule has 0 aliphatic carbocycles. The first-order valence-corrected chi connectivity index (χ1v) is 9.65. The smallest absolute Gasteiger partial charge is 0.262 e. The van der Waals surface area contributed by atoms with Crippen LogP contribution in [0.2, 0.25) is 5.02 Å². The first-order chi connectivity index (χ1) is 14.6.